The molecule has 3 rings (SSSR count). The van der Waals surface area contributed by atoms with Gasteiger partial charge in [-0.15, -0.1) is 0 Å². The van der Waals surface area contributed by atoms with E-state index in [0.717, 1.165) is 25.6 Å². The molecule has 0 spiro atoms. The highest BCUT2D eigenvalue weighted by molar-refractivity contribution is 4.97. The average molecular weight is 248 g/mol. The third kappa shape index (κ3) is 2.75. The maximum absolute atomic E-state index is 4.44. The highest BCUT2D eigenvalue weighted by Crippen LogP contribution is 2.33. The van der Waals surface area contributed by atoms with Crippen molar-refractivity contribution in [3.63, 3.8) is 0 Å². The third-order valence-electron chi connectivity index (χ3n) is 4.13. The first-order valence-corrected chi connectivity index (χ1v) is 7.32. The molecule has 100 valence electrons. The SMILES string of the molecule is CCCNC(CN1CCn2ccnc2C1)C1CC1. The summed E-state index contributed by atoms with van der Waals surface area (Å²) in [6, 6.07) is 0.700. The lowest BCUT2D eigenvalue weighted by Gasteiger charge is -2.31. The summed E-state index contributed by atoms with van der Waals surface area (Å²) in [5.41, 5.74) is 0. The highest BCUT2D eigenvalue weighted by atomic mass is 15.2. The van der Waals surface area contributed by atoms with Crippen LogP contribution in [0.3, 0.4) is 0 Å². The highest BCUT2D eigenvalue weighted by Gasteiger charge is 2.32. The van der Waals surface area contributed by atoms with Crippen molar-refractivity contribution in [2.45, 2.75) is 45.3 Å². The molecule has 1 aromatic heterocycles. The van der Waals surface area contributed by atoms with Crippen LogP contribution in [0.15, 0.2) is 12.4 Å². The number of hydrogen-bond acceptors (Lipinski definition) is 3. The van der Waals surface area contributed by atoms with Gasteiger partial charge in [0.1, 0.15) is 5.82 Å². The molecule has 0 radical (unpaired) electrons. The lowest BCUT2D eigenvalue weighted by molar-refractivity contribution is 0.187. The lowest BCUT2D eigenvalue weighted by atomic mass is 10.1. The zero-order valence-electron chi connectivity index (χ0n) is 11.3. The zero-order chi connectivity index (χ0) is 12.4. The first-order valence-electron chi connectivity index (χ1n) is 7.32. The molecule has 1 atom stereocenters. The fraction of sp³-hybridized carbons (Fsp3) is 0.786. The van der Waals surface area contributed by atoms with E-state index in [2.05, 4.69) is 32.9 Å². The fourth-order valence-corrected chi connectivity index (χ4v) is 2.87. The van der Waals surface area contributed by atoms with Crippen molar-refractivity contribution in [3.8, 4) is 0 Å². The number of imidazole rings is 1. The summed E-state index contributed by atoms with van der Waals surface area (Å²) in [4.78, 5) is 7.00. The molecule has 4 nitrogen and oxygen atoms in total. The van der Waals surface area contributed by atoms with Crippen molar-refractivity contribution in [2.24, 2.45) is 5.92 Å². The Labute approximate surface area is 109 Å². The van der Waals surface area contributed by atoms with Gasteiger partial charge < -0.3 is 9.88 Å². The van der Waals surface area contributed by atoms with Gasteiger partial charge in [-0.05, 0) is 31.7 Å². The largest absolute Gasteiger partial charge is 0.333 e. The third-order valence-corrected chi connectivity index (χ3v) is 4.13. The molecule has 0 saturated heterocycles. The smallest absolute Gasteiger partial charge is 0.122 e. The summed E-state index contributed by atoms with van der Waals surface area (Å²) in [7, 11) is 0. The van der Waals surface area contributed by atoms with E-state index in [1.807, 2.05) is 6.20 Å². The molecular weight excluding hydrogens is 224 g/mol. The molecule has 2 heterocycles. The van der Waals surface area contributed by atoms with Gasteiger partial charge in [0.2, 0.25) is 0 Å². The first-order chi connectivity index (χ1) is 8.86. The lowest BCUT2D eigenvalue weighted by Crippen LogP contribution is -2.45. The molecule has 1 aliphatic heterocycles. The van der Waals surface area contributed by atoms with E-state index in [9.17, 15) is 0 Å². The van der Waals surface area contributed by atoms with Crippen LogP contribution in [-0.2, 0) is 13.1 Å². The Morgan fingerprint density at radius 2 is 2.33 bits per heavy atom. The monoisotopic (exact) mass is 248 g/mol. The number of nitrogens with zero attached hydrogens (tertiary/aromatic N) is 3. The van der Waals surface area contributed by atoms with E-state index in [1.165, 1.54) is 38.2 Å². The van der Waals surface area contributed by atoms with Crippen LogP contribution in [0.2, 0.25) is 0 Å². The van der Waals surface area contributed by atoms with Crippen molar-refractivity contribution in [2.75, 3.05) is 19.6 Å². The van der Waals surface area contributed by atoms with Crippen LogP contribution in [0.5, 0.6) is 0 Å². The summed E-state index contributed by atoms with van der Waals surface area (Å²) in [5.74, 6) is 2.16. The van der Waals surface area contributed by atoms with Crippen molar-refractivity contribution in [3.05, 3.63) is 18.2 Å². The van der Waals surface area contributed by atoms with Crippen LogP contribution in [0, 0.1) is 5.92 Å². The van der Waals surface area contributed by atoms with Crippen LogP contribution in [0.1, 0.15) is 32.0 Å². The molecule has 1 fully saturated rings. The Morgan fingerprint density at radius 1 is 1.44 bits per heavy atom. The number of aromatic nitrogens is 2. The van der Waals surface area contributed by atoms with Gasteiger partial charge in [-0.25, -0.2) is 4.98 Å². The van der Waals surface area contributed by atoms with E-state index in [1.54, 1.807) is 0 Å². The first kappa shape index (κ1) is 12.2. The summed E-state index contributed by atoms with van der Waals surface area (Å²) in [5, 5.41) is 3.73. The van der Waals surface area contributed by atoms with Crippen molar-refractivity contribution in [1.29, 1.82) is 0 Å². The van der Waals surface area contributed by atoms with Gasteiger partial charge in [-0.1, -0.05) is 6.92 Å². The maximum atomic E-state index is 4.44. The van der Waals surface area contributed by atoms with Gasteiger partial charge in [0.25, 0.3) is 0 Å². The number of fused-ring (bicyclic) bond motifs is 1. The van der Waals surface area contributed by atoms with Crippen LogP contribution in [0.25, 0.3) is 0 Å². The summed E-state index contributed by atoms with van der Waals surface area (Å²) >= 11 is 0. The quantitative estimate of drug-likeness (QED) is 0.828. The van der Waals surface area contributed by atoms with Crippen LogP contribution >= 0.6 is 0 Å². The number of hydrogen-bond donors (Lipinski definition) is 1. The standard InChI is InChI=1S/C14H24N4/c1-2-5-15-13(12-3-4-12)10-17-8-9-18-7-6-16-14(18)11-17/h6-7,12-13,15H,2-5,8-11H2,1H3. The number of rotatable bonds is 6. The zero-order valence-corrected chi connectivity index (χ0v) is 11.3. The van der Waals surface area contributed by atoms with E-state index in [-0.39, 0.29) is 0 Å². The van der Waals surface area contributed by atoms with Gasteiger partial charge in [-0.3, -0.25) is 4.90 Å². The van der Waals surface area contributed by atoms with Gasteiger partial charge in [0.05, 0.1) is 6.54 Å². The van der Waals surface area contributed by atoms with Gasteiger partial charge in [0, 0.05) is 38.1 Å². The van der Waals surface area contributed by atoms with Crippen molar-refractivity contribution in [1.82, 2.24) is 19.8 Å². The maximum Gasteiger partial charge on any atom is 0.122 e. The molecule has 2 aliphatic rings. The summed E-state index contributed by atoms with van der Waals surface area (Å²) in [6.07, 6.45) is 8.09. The molecule has 1 aromatic rings. The average Bonchev–Trinajstić information content (AvgIpc) is 3.12. The second-order valence-electron chi connectivity index (χ2n) is 5.67. The predicted octanol–water partition coefficient (Wildman–Crippen LogP) is 1.48. The summed E-state index contributed by atoms with van der Waals surface area (Å²) in [6.45, 7) is 7.88. The topological polar surface area (TPSA) is 33.1 Å². The van der Waals surface area contributed by atoms with E-state index in [0.29, 0.717) is 6.04 Å². The van der Waals surface area contributed by atoms with Crippen LogP contribution < -0.4 is 5.32 Å². The fourth-order valence-electron chi connectivity index (χ4n) is 2.87. The molecular formula is C14H24N4. The molecule has 1 unspecified atom stereocenters. The van der Waals surface area contributed by atoms with Crippen molar-refractivity contribution >= 4 is 0 Å². The minimum absolute atomic E-state index is 0.700. The van der Waals surface area contributed by atoms with E-state index >= 15 is 0 Å². The molecule has 18 heavy (non-hydrogen) atoms. The van der Waals surface area contributed by atoms with Crippen LogP contribution in [0.4, 0.5) is 0 Å². The Kier molecular flexibility index (Phi) is 3.66. The van der Waals surface area contributed by atoms with Crippen molar-refractivity contribution < 1.29 is 0 Å². The molecule has 1 N–H and O–H groups in total. The second-order valence-corrected chi connectivity index (χ2v) is 5.67. The molecule has 0 aromatic carbocycles. The Hall–Kier alpha value is -0.870. The van der Waals surface area contributed by atoms with Gasteiger partial charge in [0.15, 0.2) is 0 Å². The Balaban J connectivity index is 1.55. The van der Waals surface area contributed by atoms with E-state index < -0.39 is 0 Å². The summed E-state index contributed by atoms with van der Waals surface area (Å²) < 4.78 is 2.28. The van der Waals surface area contributed by atoms with Gasteiger partial charge >= 0.3 is 0 Å². The molecule has 0 amide bonds. The van der Waals surface area contributed by atoms with Crippen LogP contribution in [-0.4, -0.2) is 40.1 Å². The minimum Gasteiger partial charge on any atom is -0.333 e. The molecule has 0 bridgehead atoms. The molecule has 1 aliphatic carbocycles. The Morgan fingerprint density at radius 3 is 3.11 bits per heavy atom. The van der Waals surface area contributed by atoms with E-state index in [4.69, 9.17) is 0 Å². The number of nitrogens with one attached hydrogen (secondary N) is 1. The molecule has 1 saturated carbocycles. The predicted molar refractivity (Wildman–Crippen MR) is 72.3 cm³/mol. The van der Waals surface area contributed by atoms with Gasteiger partial charge in [-0.2, -0.15) is 0 Å². The molecule has 4 heteroatoms. The second kappa shape index (κ2) is 5.41. The Bertz CT molecular complexity index is 383. The minimum atomic E-state index is 0.700. The normalized spacial score (nSPS) is 21.8.